The van der Waals surface area contributed by atoms with Crippen molar-refractivity contribution in [1.29, 1.82) is 0 Å². The Kier molecular flexibility index (Phi) is 4.62. The van der Waals surface area contributed by atoms with Crippen LogP contribution in [0.1, 0.15) is 19.3 Å². The molecular formula is C20H22N4O4. The van der Waals surface area contributed by atoms with Crippen molar-refractivity contribution in [2.45, 2.75) is 25.8 Å². The lowest BCUT2D eigenvalue weighted by atomic mass is 9.79. The van der Waals surface area contributed by atoms with Gasteiger partial charge in [-0.3, -0.25) is 19.4 Å². The zero-order valence-corrected chi connectivity index (χ0v) is 15.5. The molecule has 1 spiro atoms. The van der Waals surface area contributed by atoms with E-state index < -0.39 is 18.1 Å². The van der Waals surface area contributed by atoms with Crippen LogP contribution in [0.4, 0.5) is 11.4 Å². The summed E-state index contributed by atoms with van der Waals surface area (Å²) in [5.41, 5.74) is 1.08. The Balaban J connectivity index is 1.57. The van der Waals surface area contributed by atoms with Gasteiger partial charge in [0.2, 0.25) is 5.91 Å². The molecule has 2 aliphatic heterocycles. The third-order valence-corrected chi connectivity index (χ3v) is 5.58. The second-order valence-electron chi connectivity index (χ2n) is 7.64. The first-order valence-electron chi connectivity index (χ1n) is 9.33. The summed E-state index contributed by atoms with van der Waals surface area (Å²) in [6.07, 6.45) is 7.46. The number of aromatic nitrogens is 2. The van der Waals surface area contributed by atoms with Crippen LogP contribution in [0, 0.1) is 5.41 Å². The second-order valence-corrected chi connectivity index (χ2v) is 7.64. The highest BCUT2D eigenvalue weighted by atomic mass is 16.4. The van der Waals surface area contributed by atoms with Gasteiger partial charge in [-0.1, -0.05) is 0 Å². The quantitative estimate of drug-likeness (QED) is 0.858. The number of piperidine rings is 1. The number of anilines is 2. The Labute approximate surface area is 162 Å². The highest BCUT2D eigenvalue weighted by molar-refractivity contribution is 5.96. The number of carboxylic acids is 1. The van der Waals surface area contributed by atoms with E-state index in [0.29, 0.717) is 18.7 Å². The Morgan fingerprint density at radius 2 is 2.04 bits per heavy atom. The number of hydrogen-bond acceptors (Lipinski definition) is 5. The van der Waals surface area contributed by atoms with Gasteiger partial charge in [0.1, 0.15) is 6.54 Å². The van der Waals surface area contributed by atoms with E-state index >= 15 is 0 Å². The number of carboxylic acid groups (broad SMARTS) is 1. The molecule has 0 aromatic carbocycles. The SMILES string of the molecule is O=C(O)Cn1cc(N2C[C@@]3(CCCN(c4cccnc4)C3)CC2=O)ccc1=O. The monoisotopic (exact) mass is 382 g/mol. The van der Waals surface area contributed by atoms with Crippen LogP contribution < -0.4 is 15.4 Å². The summed E-state index contributed by atoms with van der Waals surface area (Å²) >= 11 is 0. The van der Waals surface area contributed by atoms with Gasteiger partial charge in [0.25, 0.3) is 5.56 Å². The molecule has 0 saturated carbocycles. The van der Waals surface area contributed by atoms with Crippen molar-refractivity contribution in [3.8, 4) is 0 Å². The fourth-order valence-corrected chi connectivity index (χ4v) is 4.32. The summed E-state index contributed by atoms with van der Waals surface area (Å²) < 4.78 is 1.12. The number of aliphatic carboxylic acids is 1. The molecule has 2 saturated heterocycles. The fourth-order valence-electron chi connectivity index (χ4n) is 4.32. The summed E-state index contributed by atoms with van der Waals surface area (Å²) in [6.45, 7) is 1.85. The smallest absolute Gasteiger partial charge is 0.323 e. The van der Waals surface area contributed by atoms with Gasteiger partial charge in [0, 0.05) is 49.9 Å². The Morgan fingerprint density at radius 1 is 1.18 bits per heavy atom. The van der Waals surface area contributed by atoms with Crippen molar-refractivity contribution in [2.24, 2.45) is 5.41 Å². The summed E-state index contributed by atoms with van der Waals surface area (Å²) in [4.78, 5) is 43.8. The van der Waals surface area contributed by atoms with Gasteiger partial charge in [-0.25, -0.2) is 0 Å². The Hall–Kier alpha value is -3.16. The van der Waals surface area contributed by atoms with Gasteiger partial charge in [0.15, 0.2) is 0 Å². The minimum absolute atomic E-state index is 0.00793. The minimum atomic E-state index is -1.09. The van der Waals surface area contributed by atoms with Crippen LogP contribution >= 0.6 is 0 Å². The molecule has 2 fully saturated rings. The molecule has 28 heavy (non-hydrogen) atoms. The molecule has 1 amide bonds. The van der Waals surface area contributed by atoms with Crippen LogP contribution in [-0.2, 0) is 16.1 Å². The maximum absolute atomic E-state index is 12.8. The van der Waals surface area contributed by atoms with E-state index in [-0.39, 0.29) is 11.3 Å². The molecule has 1 N–H and O–H groups in total. The van der Waals surface area contributed by atoms with Crippen LogP contribution in [0.3, 0.4) is 0 Å². The van der Waals surface area contributed by atoms with Gasteiger partial charge < -0.3 is 19.5 Å². The fraction of sp³-hybridized carbons (Fsp3) is 0.400. The normalized spacial score (nSPS) is 22.1. The largest absolute Gasteiger partial charge is 0.480 e. The van der Waals surface area contributed by atoms with E-state index in [2.05, 4.69) is 9.88 Å². The van der Waals surface area contributed by atoms with E-state index in [1.165, 1.54) is 12.3 Å². The highest BCUT2D eigenvalue weighted by Crippen LogP contribution is 2.42. The summed E-state index contributed by atoms with van der Waals surface area (Å²) in [5.74, 6) is -1.09. The van der Waals surface area contributed by atoms with Crippen molar-refractivity contribution in [2.75, 3.05) is 29.4 Å². The molecular weight excluding hydrogens is 360 g/mol. The maximum Gasteiger partial charge on any atom is 0.323 e. The molecule has 2 aromatic heterocycles. The average molecular weight is 382 g/mol. The molecule has 2 aliphatic rings. The zero-order chi connectivity index (χ0) is 19.7. The molecule has 8 heteroatoms. The first-order chi connectivity index (χ1) is 13.5. The van der Waals surface area contributed by atoms with Crippen molar-refractivity contribution >= 4 is 23.3 Å². The lowest BCUT2D eigenvalue weighted by Gasteiger charge is -2.41. The van der Waals surface area contributed by atoms with E-state index in [4.69, 9.17) is 5.11 Å². The minimum Gasteiger partial charge on any atom is -0.480 e. The summed E-state index contributed by atoms with van der Waals surface area (Å²) in [6, 6.07) is 6.86. The van der Waals surface area contributed by atoms with Crippen LogP contribution in [-0.4, -0.2) is 46.2 Å². The number of amides is 1. The number of nitrogens with zero attached hydrogens (tertiary/aromatic N) is 4. The van der Waals surface area contributed by atoms with Gasteiger partial charge in [-0.15, -0.1) is 0 Å². The first kappa shape index (κ1) is 18.2. The Bertz CT molecular complexity index is 958. The van der Waals surface area contributed by atoms with Crippen LogP contribution in [0.2, 0.25) is 0 Å². The summed E-state index contributed by atoms with van der Waals surface area (Å²) in [5, 5.41) is 8.98. The molecule has 4 rings (SSSR count). The first-order valence-corrected chi connectivity index (χ1v) is 9.33. The number of carbonyl (C=O) groups is 2. The lowest BCUT2D eigenvalue weighted by molar-refractivity contribution is -0.137. The summed E-state index contributed by atoms with van der Waals surface area (Å²) in [7, 11) is 0. The third-order valence-electron chi connectivity index (χ3n) is 5.58. The van der Waals surface area contributed by atoms with E-state index in [1.54, 1.807) is 17.2 Å². The topological polar surface area (TPSA) is 95.7 Å². The molecule has 0 unspecified atom stereocenters. The lowest BCUT2D eigenvalue weighted by Crippen LogP contribution is -2.45. The molecule has 2 aromatic rings. The standard InChI is InChI=1S/C20H22N4O4/c25-17-5-4-16(11-23(17)12-19(27)28)24-14-20(9-18(24)26)6-2-8-22(13-20)15-3-1-7-21-10-15/h1,3-5,7,10-11H,2,6,8-9,12-14H2,(H,27,28)/t20-/m0/s1. The average Bonchev–Trinajstić information content (AvgIpc) is 2.99. The van der Waals surface area contributed by atoms with Crippen LogP contribution in [0.5, 0.6) is 0 Å². The molecule has 0 bridgehead atoms. The van der Waals surface area contributed by atoms with Crippen molar-refractivity contribution < 1.29 is 14.7 Å². The van der Waals surface area contributed by atoms with Crippen LogP contribution in [0.25, 0.3) is 0 Å². The second kappa shape index (κ2) is 7.10. The predicted octanol–water partition coefficient (Wildman–Crippen LogP) is 1.35. The number of hydrogen-bond donors (Lipinski definition) is 1. The maximum atomic E-state index is 12.8. The zero-order valence-electron chi connectivity index (χ0n) is 15.5. The van der Waals surface area contributed by atoms with Gasteiger partial charge >= 0.3 is 5.97 Å². The highest BCUT2D eigenvalue weighted by Gasteiger charge is 2.46. The molecule has 0 aliphatic carbocycles. The third kappa shape index (κ3) is 3.49. The van der Waals surface area contributed by atoms with Gasteiger partial charge in [0.05, 0.1) is 17.6 Å². The Morgan fingerprint density at radius 3 is 2.79 bits per heavy atom. The van der Waals surface area contributed by atoms with Crippen molar-refractivity contribution in [3.05, 3.63) is 53.2 Å². The molecule has 1 atom stereocenters. The number of pyridine rings is 2. The van der Waals surface area contributed by atoms with E-state index in [0.717, 1.165) is 36.2 Å². The van der Waals surface area contributed by atoms with Gasteiger partial charge in [-0.2, -0.15) is 0 Å². The number of carbonyl (C=O) groups excluding carboxylic acids is 1. The van der Waals surface area contributed by atoms with E-state index in [1.807, 2.05) is 18.3 Å². The molecule has 8 nitrogen and oxygen atoms in total. The van der Waals surface area contributed by atoms with Crippen molar-refractivity contribution in [1.82, 2.24) is 9.55 Å². The predicted molar refractivity (Wildman–Crippen MR) is 103 cm³/mol. The molecule has 0 radical (unpaired) electrons. The number of rotatable bonds is 4. The molecule has 4 heterocycles. The van der Waals surface area contributed by atoms with E-state index in [9.17, 15) is 14.4 Å². The van der Waals surface area contributed by atoms with Gasteiger partial charge in [-0.05, 0) is 31.0 Å². The molecule has 146 valence electrons. The van der Waals surface area contributed by atoms with Crippen LogP contribution in [0.15, 0.2) is 47.7 Å². The van der Waals surface area contributed by atoms with Crippen molar-refractivity contribution in [3.63, 3.8) is 0 Å².